The van der Waals surface area contributed by atoms with Gasteiger partial charge in [-0.05, 0) is 39.5 Å². The van der Waals surface area contributed by atoms with E-state index in [4.69, 9.17) is 10.5 Å². The van der Waals surface area contributed by atoms with E-state index < -0.39 is 11.6 Å². The molecule has 1 aliphatic carbocycles. The standard InChI is InChI=1S/C9H17NO2.ClH/c1-9(2,3)12-8(11)7(10)6-4-5-6;/h6-7H,4-5,10H2,1-3H3;1H/t7-;/m0./s1. The molecule has 1 rings (SSSR count). The van der Waals surface area contributed by atoms with Gasteiger partial charge >= 0.3 is 5.97 Å². The average molecular weight is 208 g/mol. The van der Waals surface area contributed by atoms with Crippen LogP contribution in [0.1, 0.15) is 33.6 Å². The minimum atomic E-state index is -0.413. The van der Waals surface area contributed by atoms with Crippen LogP contribution in [0.25, 0.3) is 0 Å². The fourth-order valence-electron chi connectivity index (χ4n) is 1.02. The molecule has 0 aromatic carbocycles. The van der Waals surface area contributed by atoms with Crippen molar-refractivity contribution in [2.75, 3.05) is 0 Å². The second-order valence-corrected chi connectivity index (χ2v) is 4.40. The maximum Gasteiger partial charge on any atom is 0.323 e. The molecule has 1 saturated carbocycles. The molecule has 0 spiro atoms. The summed E-state index contributed by atoms with van der Waals surface area (Å²) in [6.45, 7) is 5.56. The van der Waals surface area contributed by atoms with E-state index >= 15 is 0 Å². The van der Waals surface area contributed by atoms with Crippen molar-refractivity contribution < 1.29 is 9.53 Å². The van der Waals surface area contributed by atoms with Crippen LogP contribution in [0, 0.1) is 5.92 Å². The normalized spacial score (nSPS) is 18.8. The summed E-state index contributed by atoms with van der Waals surface area (Å²) in [6.07, 6.45) is 2.14. The van der Waals surface area contributed by atoms with Crippen LogP contribution in [0.15, 0.2) is 0 Å². The average Bonchev–Trinajstić information content (AvgIpc) is 2.62. The Kier molecular flexibility index (Phi) is 4.20. The molecule has 1 atom stereocenters. The summed E-state index contributed by atoms with van der Waals surface area (Å²) in [5.41, 5.74) is 5.24. The van der Waals surface area contributed by atoms with Crippen molar-refractivity contribution in [3.63, 3.8) is 0 Å². The van der Waals surface area contributed by atoms with Gasteiger partial charge < -0.3 is 10.5 Å². The maximum absolute atomic E-state index is 11.3. The van der Waals surface area contributed by atoms with E-state index in [1.165, 1.54) is 0 Å². The van der Waals surface area contributed by atoms with E-state index in [0.29, 0.717) is 5.92 Å². The third kappa shape index (κ3) is 4.48. The van der Waals surface area contributed by atoms with Crippen molar-refractivity contribution in [1.82, 2.24) is 0 Å². The second-order valence-electron chi connectivity index (χ2n) is 4.40. The molecular weight excluding hydrogens is 190 g/mol. The van der Waals surface area contributed by atoms with Gasteiger partial charge in [0.2, 0.25) is 0 Å². The predicted octanol–water partition coefficient (Wildman–Crippen LogP) is 1.49. The maximum atomic E-state index is 11.3. The number of carbonyl (C=O) groups excluding carboxylic acids is 1. The topological polar surface area (TPSA) is 52.3 Å². The molecule has 78 valence electrons. The Labute approximate surface area is 85.4 Å². The highest BCUT2D eigenvalue weighted by atomic mass is 35.5. The minimum Gasteiger partial charge on any atom is -0.459 e. The van der Waals surface area contributed by atoms with E-state index in [9.17, 15) is 4.79 Å². The Bertz CT molecular complexity index is 185. The van der Waals surface area contributed by atoms with Gasteiger partial charge in [0.1, 0.15) is 11.6 Å². The Hall–Kier alpha value is -0.280. The van der Waals surface area contributed by atoms with Crippen LogP contribution >= 0.6 is 12.4 Å². The molecule has 0 aliphatic heterocycles. The molecule has 0 aromatic rings. The lowest BCUT2D eigenvalue weighted by Crippen LogP contribution is -2.38. The van der Waals surface area contributed by atoms with Crippen LogP contribution in [0.2, 0.25) is 0 Å². The monoisotopic (exact) mass is 207 g/mol. The van der Waals surface area contributed by atoms with E-state index in [0.717, 1.165) is 12.8 Å². The molecule has 4 heteroatoms. The van der Waals surface area contributed by atoms with Gasteiger partial charge in [0, 0.05) is 0 Å². The summed E-state index contributed by atoms with van der Waals surface area (Å²) in [5.74, 6) is 0.116. The number of ether oxygens (including phenoxy) is 1. The minimum absolute atomic E-state index is 0. The zero-order chi connectivity index (χ0) is 9.35. The molecular formula is C9H18ClNO2. The van der Waals surface area contributed by atoms with Gasteiger partial charge in [0.05, 0.1) is 0 Å². The number of hydrogen-bond donors (Lipinski definition) is 1. The third-order valence-electron chi connectivity index (χ3n) is 1.81. The molecule has 0 bridgehead atoms. The Morgan fingerprint density at radius 1 is 1.46 bits per heavy atom. The van der Waals surface area contributed by atoms with Gasteiger partial charge in [-0.2, -0.15) is 0 Å². The Morgan fingerprint density at radius 2 is 1.92 bits per heavy atom. The van der Waals surface area contributed by atoms with E-state index in [1.807, 2.05) is 20.8 Å². The predicted molar refractivity (Wildman–Crippen MR) is 53.8 cm³/mol. The lowest BCUT2D eigenvalue weighted by atomic mass is 10.1. The molecule has 0 heterocycles. The number of halogens is 1. The van der Waals surface area contributed by atoms with Crippen LogP contribution in [0.3, 0.4) is 0 Å². The lowest BCUT2D eigenvalue weighted by Gasteiger charge is -2.21. The number of esters is 1. The van der Waals surface area contributed by atoms with E-state index in [-0.39, 0.29) is 18.4 Å². The van der Waals surface area contributed by atoms with Crippen molar-refractivity contribution in [2.45, 2.75) is 45.3 Å². The second kappa shape index (κ2) is 4.29. The van der Waals surface area contributed by atoms with Crippen LogP contribution in [-0.2, 0) is 9.53 Å². The fraction of sp³-hybridized carbons (Fsp3) is 0.889. The van der Waals surface area contributed by atoms with Gasteiger partial charge in [0.25, 0.3) is 0 Å². The van der Waals surface area contributed by atoms with Crippen molar-refractivity contribution in [3.05, 3.63) is 0 Å². The van der Waals surface area contributed by atoms with Crippen molar-refractivity contribution in [2.24, 2.45) is 11.7 Å². The first-order chi connectivity index (χ1) is 5.40. The smallest absolute Gasteiger partial charge is 0.323 e. The van der Waals surface area contributed by atoms with Gasteiger partial charge in [-0.15, -0.1) is 12.4 Å². The molecule has 3 nitrogen and oxygen atoms in total. The first kappa shape index (κ1) is 12.7. The zero-order valence-corrected chi connectivity index (χ0v) is 9.19. The van der Waals surface area contributed by atoms with E-state index in [1.54, 1.807) is 0 Å². The molecule has 0 radical (unpaired) electrons. The van der Waals surface area contributed by atoms with Crippen LogP contribution < -0.4 is 5.73 Å². The summed E-state index contributed by atoms with van der Waals surface area (Å²) >= 11 is 0. The number of rotatable bonds is 2. The first-order valence-corrected chi connectivity index (χ1v) is 4.38. The molecule has 0 unspecified atom stereocenters. The van der Waals surface area contributed by atoms with Crippen LogP contribution in [0.4, 0.5) is 0 Å². The molecule has 0 amide bonds. The molecule has 0 saturated heterocycles. The Morgan fingerprint density at radius 3 is 2.23 bits per heavy atom. The molecule has 0 aromatic heterocycles. The third-order valence-corrected chi connectivity index (χ3v) is 1.81. The molecule has 2 N–H and O–H groups in total. The summed E-state index contributed by atoms with van der Waals surface area (Å²) in [5, 5.41) is 0. The van der Waals surface area contributed by atoms with Crippen molar-refractivity contribution in [3.8, 4) is 0 Å². The number of carbonyl (C=O) groups is 1. The van der Waals surface area contributed by atoms with Crippen LogP contribution in [0.5, 0.6) is 0 Å². The number of nitrogens with two attached hydrogens (primary N) is 1. The lowest BCUT2D eigenvalue weighted by molar-refractivity contribution is -0.157. The molecule has 1 aliphatic rings. The molecule has 13 heavy (non-hydrogen) atoms. The van der Waals surface area contributed by atoms with Crippen molar-refractivity contribution >= 4 is 18.4 Å². The van der Waals surface area contributed by atoms with Crippen molar-refractivity contribution in [1.29, 1.82) is 0 Å². The van der Waals surface area contributed by atoms with E-state index in [2.05, 4.69) is 0 Å². The SMILES string of the molecule is CC(C)(C)OC(=O)[C@@H](N)C1CC1.Cl. The number of hydrogen-bond acceptors (Lipinski definition) is 3. The fourth-order valence-corrected chi connectivity index (χ4v) is 1.02. The highest BCUT2D eigenvalue weighted by Gasteiger charge is 2.35. The van der Waals surface area contributed by atoms with Gasteiger partial charge in [-0.3, -0.25) is 4.79 Å². The summed E-state index contributed by atoms with van der Waals surface area (Å²) in [7, 11) is 0. The van der Waals surface area contributed by atoms with Gasteiger partial charge in [-0.1, -0.05) is 0 Å². The largest absolute Gasteiger partial charge is 0.459 e. The summed E-state index contributed by atoms with van der Waals surface area (Å²) in [6, 6.07) is -0.399. The summed E-state index contributed by atoms with van der Waals surface area (Å²) in [4.78, 5) is 11.3. The summed E-state index contributed by atoms with van der Waals surface area (Å²) < 4.78 is 5.14. The van der Waals surface area contributed by atoms with Gasteiger partial charge in [0.15, 0.2) is 0 Å². The quantitative estimate of drug-likeness (QED) is 0.698. The zero-order valence-electron chi connectivity index (χ0n) is 8.37. The van der Waals surface area contributed by atoms with Gasteiger partial charge in [-0.25, -0.2) is 0 Å². The highest BCUT2D eigenvalue weighted by Crippen LogP contribution is 2.32. The van der Waals surface area contributed by atoms with Crippen LogP contribution in [-0.4, -0.2) is 17.6 Å². The molecule has 1 fully saturated rings. The Balaban J connectivity index is 0.00000144. The highest BCUT2D eigenvalue weighted by molar-refractivity contribution is 5.85. The first-order valence-electron chi connectivity index (χ1n) is 4.38.